The van der Waals surface area contributed by atoms with Crippen LogP contribution in [-0.2, 0) is 7.05 Å². The van der Waals surface area contributed by atoms with E-state index in [1.807, 2.05) is 0 Å². The molecule has 0 aliphatic rings. The number of hydrogen-bond donors (Lipinski definition) is 2. The van der Waals surface area contributed by atoms with E-state index in [0.717, 1.165) is 0 Å². The van der Waals surface area contributed by atoms with Crippen LogP contribution in [0.1, 0.15) is 0 Å². The zero-order chi connectivity index (χ0) is 13.6. The van der Waals surface area contributed by atoms with Crippen LogP contribution in [0.15, 0.2) is 36.4 Å². The first-order valence-corrected chi connectivity index (χ1v) is 5.77. The van der Waals surface area contributed by atoms with Gasteiger partial charge in [0, 0.05) is 18.8 Å². The minimum atomic E-state index is -0.316. The maximum atomic E-state index is 13.3. The topological polar surface area (TPSA) is 64.1 Å². The second-order valence-corrected chi connectivity index (χ2v) is 4.40. The number of hydrogen-bond acceptors (Lipinski definition) is 3. The molecule has 1 aromatic heterocycles. The van der Waals surface area contributed by atoms with Crippen LogP contribution < -0.4 is 5.73 Å². The highest BCUT2D eigenvalue weighted by molar-refractivity contribution is 5.82. The fourth-order valence-corrected chi connectivity index (χ4v) is 2.14. The summed E-state index contributed by atoms with van der Waals surface area (Å²) in [4.78, 5) is 4.41. The molecule has 0 unspecified atom stereocenters. The third-order valence-corrected chi connectivity index (χ3v) is 3.11. The predicted molar refractivity (Wildman–Crippen MR) is 72.2 cm³/mol. The molecule has 19 heavy (non-hydrogen) atoms. The number of aromatic nitrogens is 2. The Bertz CT molecular complexity index is 780. The van der Waals surface area contributed by atoms with E-state index in [4.69, 9.17) is 5.73 Å². The number of aromatic hydroxyl groups is 1. The number of rotatable bonds is 1. The van der Waals surface area contributed by atoms with Crippen molar-refractivity contribution in [3.63, 3.8) is 0 Å². The lowest BCUT2D eigenvalue weighted by molar-refractivity contribution is 0.477. The molecule has 0 amide bonds. The first-order chi connectivity index (χ1) is 9.06. The number of imidazole rings is 1. The van der Waals surface area contributed by atoms with Crippen molar-refractivity contribution in [3.05, 3.63) is 42.2 Å². The molecule has 2 aromatic carbocycles. The molecule has 3 aromatic rings. The monoisotopic (exact) mass is 257 g/mol. The quantitative estimate of drug-likeness (QED) is 0.659. The Kier molecular flexibility index (Phi) is 2.41. The Morgan fingerprint density at radius 3 is 2.74 bits per heavy atom. The molecule has 96 valence electrons. The average molecular weight is 257 g/mol. The molecule has 0 saturated heterocycles. The number of aryl methyl sites for hydroxylation is 1. The van der Waals surface area contributed by atoms with Gasteiger partial charge in [0.15, 0.2) is 0 Å². The van der Waals surface area contributed by atoms with Crippen LogP contribution >= 0.6 is 0 Å². The van der Waals surface area contributed by atoms with Crippen LogP contribution in [0.5, 0.6) is 5.75 Å². The minimum Gasteiger partial charge on any atom is -0.507 e. The van der Waals surface area contributed by atoms with Crippen molar-refractivity contribution >= 4 is 16.7 Å². The number of phenols is 1. The Labute approximate surface area is 108 Å². The van der Waals surface area contributed by atoms with Crippen molar-refractivity contribution in [3.8, 4) is 17.1 Å². The highest BCUT2D eigenvalue weighted by atomic mass is 19.1. The number of phenolic OH excluding ortho intramolecular Hbond substituents is 1. The second-order valence-electron chi connectivity index (χ2n) is 4.40. The number of nitrogens with two attached hydrogens (primary N) is 1. The van der Waals surface area contributed by atoms with Crippen molar-refractivity contribution in [2.75, 3.05) is 5.73 Å². The Hall–Kier alpha value is -2.56. The molecular weight excluding hydrogens is 245 g/mol. The largest absolute Gasteiger partial charge is 0.507 e. The van der Waals surface area contributed by atoms with E-state index in [2.05, 4.69) is 4.98 Å². The number of nitrogens with zero attached hydrogens (tertiary/aromatic N) is 2. The number of fused-ring (bicyclic) bond motifs is 1. The molecule has 4 nitrogen and oxygen atoms in total. The van der Waals surface area contributed by atoms with E-state index in [1.54, 1.807) is 29.8 Å². The molecule has 3 rings (SSSR count). The Balaban J connectivity index is 2.28. The lowest BCUT2D eigenvalue weighted by atomic mass is 10.1. The first kappa shape index (κ1) is 11.5. The molecule has 0 radical (unpaired) electrons. The molecule has 0 spiro atoms. The maximum absolute atomic E-state index is 13.3. The molecular formula is C14H12FN3O. The molecule has 0 fully saturated rings. The minimum absolute atomic E-state index is 0.0545. The zero-order valence-electron chi connectivity index (χ0n) is 10.3. The predicted octanol–water partition coefficient (Wildman–Crippen LogP) is 2.67. The molecule has 0 aliphatic carbocycles. The van der Waals surface area contributed by atoms with Gasteiger partial charge in [0.1, 0.15) is 17.4 Å². The van der Waals surface area contributed by atoms with Crippen LogP contribution in [0.3, 0.4) is 0 Å². The van der Waals surface area contributed by atoms with Crippen LogP contribution in [-0.4, -0.2) is 14.7 Å². The van der Waals surface area contributed by atoms with Crippen molar-refractivity contribution in [1.29, 1.82) is 0 Å². The summed E-state index contributed by atoms with van der Waals surface area (Å²) in [6.45, 7) is 0. The highest BCUT2D eigenvalue weighted by Gasteiger charge is 2.13. The van der Waals surface area contributed by atoms with E-state index in [0.29, 0.717) is 28.1 Å². The average Bonchev–Trinajstić information content (AvgIpc) is 2.67. The van der Waals surface area contributed by atoms with Crippen molar-refractivity contribution in [2.24, 2.45) is 7.05 Å². The van der Waals surface area contributed by atoms with Gasteiger partial charge < -0.3 is 15.4 Å². The lowest BCUT2D eigenvalue weighted by Crippen LogP contribution is -1.94. The van der Waals surface area contributed by atoms with E-state index >= 15 is 0 Å². The van der Waals surface area contributed by atoms with Gasteiger partial charge in [0.05, 0.1) is 16.6 Å². The Morgan fingerprint density at radius 1 is 1.21 bits per heavy atom. The van der Waals surface area contributed by atoms with Gasteiger partial charge in [-0.1, -0.05) is 0 Å². The molecule has 0 atom stereocenters. The van der Waals surface area contributed by atoms with E-state index in [-0.39, 0.29) is 11.6 Å². The van der Waals surface area contributed by atoms with Crippen molar-refractivity contribution in [2.45, 2.75) is 0 Å². The number of nitrogen functional groups attached to an aromatic ring is 1. The molecule has 0 bridgehead atoms. The fraction of sp³-hybridized carbons (Fsp3) is 0.0714. The molecule has 5 heteroatoms. The smallest absolute Gasteiger partial charge is 0.144 e. The van der Waals surface area contributed by atoms with Gasteiger partial charge >= 0.3 is 0 Å². The summed E-state index contributed by atoms with van der Waals surface area (Å²) in [5.41, 5.74) is 7.99. The summed E-state index contributed by atoms with van der Waals surface area (Å²) < 4.78 is 15.0. The molecule has 1 heterocycles. The molecule has 3 N–H and O–H groups in total. The van der Waals surface area contributed by atoms with Gasteiger partial charge in [0.25, 0.3) is 0 Å². The van der Waals surface area contributed by atoms with E-state index < -0.39 is 0 Å². The fourth-order valence-electron chi connectivity index (χ4n) is 2.14. The summed E-state index contributed by atoms with van der Waals surface area (Å²) in [6.07, 6.45) is 0. The molecule has 0 saturated carbocycles. The normalized spacial score (nSPS) is 11.1. The summed E-state index contributed by atoms with van der Waals surface area (Å²) in [6, 6.07) is 9.25. The first-order valence-electron chi connectivity index (χ1n) is 5.77. The van der Waals surface area contributed by atoms with Crippen molar-refractivity contribution in [1.82, 2.24) is 9.55 Å². The summed E-state index contributed by atoms with van der Waals surface area (Å²) in [5.74, 6) is 0.306. The number of benzene rings is 2. The van der Waals surface area contributed by atoms with Crippen LogP contribution in [0.2, 0.25) is 0 Å². The van der Waals surface area contributed by atoms with Gasteiger partial charge in [-0.15, -0.1) is 0 Å². The zero-order valence-corrected chi connectivity index (χ0v) is 10.3. The highest BCUT2D eigenvalue weighted by Crippen LogP contribution is 2.32. The SMILES string of the molecule is Cn1c(-c2ccc(N)cc2O)nc2ccc(F)cc21. The van der Waals surface area contributed by atoms with Crippen LogP contribution in [0, 0.1) is 5.82 Å². The summed E-state index contributed by atoms with van der Waals surface area (Å²) in [5, 5.41) is 9.94. The van der Waals surface area contributed by atoms with Crippen molar-refractivity contribution < 1.29 is 9.50 Å². The van der Waals surface area contributed by atoms with E-state index in [1.165, 1.54) is 18.2 Å². The maximum Gasteiger partial charge on any atom is 0.144 e. The van der Waals surface area contributed by atoms with Gasteiger partial charge in [-0.3, -0.25) is 0 Å². The molecule has 0 aliphatic heterocycles. The lowest BCUT2D eigenvalue weighted by Gasteiger charge is -2.05. The van der Waals surface area contributed by atoms with Crippen LogP contribution in [0.4, 0.5) is 10.1 Å². The number of anilines is 1. The Morgan fingerprint density at radius 2 is 2.00 bits per heavy atom. The second kappa shape index (κ2) is 3.98. The van der Waals surface area contributed by atoms with Gasteiger partial charge in [-0.25, -0.2) is 9.37 Å². The van der Waals surface area contributed by atoms with Gasteiger partial charge in [-0.05, 0) is 30.3 Å². The van der Waals surface area contributed by atoms with Gasteiger partial charge in [-0.2, -0.15) is 0 Å². The summed E-state index contributed by atoms with van der Waals surface area (Å²) in [7, 11) is 1.78. The standard InChI is InChI=1S/C14H12FN3O/c1-18-12-6-8(15)2-5-11(12)17-14(18)10-4-3-9(16)7-13(10)19/h2-7,19H,16H2,1H3. The van der Waals surface area contributed by atoms with E-state index in [9.17, 15) is 9.50 Å². The summed E-state index contributed by atoms with van der Waals surface area (Å²) >= 11 is 0. The number of halogens is 1. The van der Waals surface area contributed by atoms with Gasteiger partial charge in [0.2, 0.25) is 0 Å². The van der Waals surface area contributed by atoms with Crippen LogP contribution in [0.25, 0.3) is 22.4 Å². The third-order valence-electron chi connectivity index (χ3n) is 3.11. The third kappa shape index (κ3) is 1.79.